The van der Waals surface area contributed by atoms with Crippen LogP contribution in [-0.4, -0.2) is 12.0 Å². The quantitative estimate of drug-likeness (QED) is 0.770. The van der Waals surface area contributed by atoms with Gasteiger partial charge in [-0.3, -0.25) is 4.79 Å². The van der Waals surface area contributed by atoms with E-state index in [0.717, 1.165) is 11.1 Å². The molecule has 0 fully saturated rings. The van der Waals surface area contributed by atoms with Gasteiger partial charge in [-0.25, -0.2) is 5.73 Å². The van der Waals surface area contributed by atoms with Gasteiger partial charge in [0.2, 0.25) is 0 Å². The highest BCUT2D eigenvalue weighted by atomic mass is 16.5. The molecule has 0 amide bonds. The van der Waals surface area contributed by atoms with Crippen molar-refractivity contribution >= 4 is 5.97 Å². The van der Waals surface area contributed by atoms with Crippen molar-refractivity contribution in [1.82, 2.24) is 5.73 Å². The molecule has 1 N–H and O–H groups in total. The first-order chi connectivity index (χ1) is 9.25. The first kappa shape index (κ1) is 13.3. The van der Waals surface area contributed by atoms with E-state index in [1.54, 1.807) is 0 Å². The van der Waals surface area contributed by atoms with Crippen LogP contribution in [0, 0.1) is 0 Å². The van der Waals surface area contributed by atoms with Crippen molar-refractivity contribution in [3.05, 3.63) is 71.8 Å². The number of rotatable bonds is 5. The molecule has 1 unspecified atom stereocenters. The van der Waals surface area contributed by atoms with Gasteiger partial charge in [-0.1, -0.05) is 60.7 Å². The monoisotopic (exact) mass is 254 g/mol. The fourth-order valence-corrected chi connectivity index (χ4v) is 1.76. The van der Waals surface area contributed by atoms with Crippen LogP contribution >= 0.6 is 0 Å². The van der Waals surface area contributed by atoms with E-state index in [1.165, 1.54) is 0 Å². The lowest BCUT2D eigenvalue weighted by atomic mass is 10.1. The summed E-state index contributed by atoms with van der Waals surface area (Å²) >= 11 is 0. The molecular formula is C16H16NO2. The Morgan fingerprint density at radius 1 is 0.947 bits per heavy atom. The van der Waals surface area contributed by atoms with Gasteiger partial charge in [-0.05, 0) is 17.5 Å². The van der Waals surface area contributed by atoms with Gasteiger partial charge in [0.25, 0.3) is 0 Å². The molecule has 3 nitrogen and oxygen atoms in total. The van der Waals surface area contributed by atoms with Crippen LogP contribution in [0.15, 0.2) is 60.7 Å². The lowest BCUT2D eigenvalue weighted by molar-refractivity contribution is -0.146. The number of carbonyl (C=O) groups excluding carboxylic acids is 1. The molecule has 0 saturated heterocycles. The summed E-state index contributed by atoms with van der Waals surface area (Å²) in [7, 11) is 0. The molecule has 1 atom stereocenters. The van der Waals surface area contributed by atoms with Crippen LogP contribution in [0.5, 0.6) is 0 Å². The fraction of sp³-hybridized carbons (Fsp3) is 0.188. The number of hydrogen-bond acceptors (Lipinski definition) is 2. The zero-order valence-electron chi connectivity index (χ0n) is 10.6. The maximum atomic E-state index is 11.7. The summed E-state index contributed by atoms with van der Waals surface area (Å²) in [5.74, 6) is -0.479. The Balaban J connectivity index is 1.83. The Bertz CT molecular complexity index is 511. The maximum Gasteiger partial charge on any atom is 0.325 e. The van der Waals surface area contributed by atoms with E-state index in [0.29, 0.717) is 6.42 Å². The van der Waals surface area contributed by atoms with Crippen LogP contribution in [0.25, 0.3) is 0 Å². The molecule has 2 aromatic rings. The SMILES string of the molecule is [NH]C(Cc1ccccc1)C(=O)OCc1ccccc1. The average molecular weight is 254 g/mol. The summed E-state index contributed by atoms with van der Waals surface area (Å²) in [5.41, 5.74) is 9.71. The largest absolute Gasteiger partial charge is 0.460 e. The van der Waals surface area contributed by atoms with Crippen LogP contribution in [0.2, 0.25) is 0 Å². The van der Waals surface area contributed by atoms with Gasteiger partial charge in [-0.2, -0.15) is 0 Å². The molecule has 0 aliphatic rings. The second-order valence-electron chi connectivity index (χ2n) is 4.34. The van der Waals surface area contributed by atoms with Gasteiger partial charge in [0, 0.05) is 0 Å². The van der Waals surface area contributed by atoms with Crippen LogP contribution in [0.4, 0.5) is 0 Å². The minimum Gasteiger partial charge on any atom is -0.460 e. The molecule has 0 heterocycles. The van der Waals surface area contributed by atoms with E-state index >= 15 is 0 Å². The third kappa shape index (κ3) is 4.23. The molecular weight excluding hydrogens is 238 g/mol. The van der Waals surface area contributed by atoms with E-state index in [1.807, 2.05) is 60.7 Å². The number of ether oxygens (including phenoxy) is 1. The van der Waals surface area contributed by atoms with Crippen LogP contribution < -0.4 is 5.73 Å². The summed E-state index contributed by atoms with van der Waals surface area (Å²) in [4.78, 5) is 11.7. The van der Waals surface area contributed by atoms with E-state index < -0.39 is 12.0 Å². The van der Waals surface area contributed by atoms with E-state index in [4.69, 9.17) is 10.5 Å². The van der Waals surface area contributed by atoms with Gasteiger partial charge >= 0.3 is 5.97 Å². The van der Waals surface area contributed by atoms with Crippen LogP contribution in [-0.2, 0) is 22.6 Å². The van der Waals surface area contributed by atoms with Crippen molar-refractivity contribution < 1.29 is 9.53 Å². The molecule has 97 valence electrons. The molecule has 19 heavy (non-hydrogen) atoms. The third-order valence-corrected chi connectivity index (χ3v) is 2.79. The molecule has 0 aromatic heterocycles. The van der Waals surface area contributed by atoms with Gasteiger partial charge < -0.3 is 4.74 Å². The Kier molecular flexibility index (Phi) is 4.70. The van der Waals surface area contributed by atoms with E-state index in [-0.39, 0.29) is 6.61 Å². The second kappa shape index (κ2) is 6.71. The summed E-state index contributed by atoms with van der Waals surface area (Å²) in [6.07, 6.45) is 0.383. The number of benzene rings is 2. The Hall–Kier alpha value is -2.13. The Labute approximate surface area is 113 Å². The topological polar surface area (TPSA) is 50.1 Å². The summed E-state index contributed by atoms with van der Waals surface area (Å²) in [6.45, 7) is 0.226. The van der Waals surface area contributed by atoms with E-state index in [2.05, 4.69) is 0 Å². The van der Waals surface area contributed by atoms with Gasteiger partial charge in [0.1, 0.15) is 12.6 Å². The molecule has 2 rings (SSSR count). The minimum atomic E-state index is -0.869. The van der Waals surface area contributed by atoms with Crippen LogP contribution in [0.1, 0.15) is 11.1 Å². The fourth-order valence-electron chi connectivity index (χ4n) is 1.76. The number of hydrogen-bond donors (Lipinski definition) is 0. The standard InChI is InChI=1S/C16H16NO2/c17-15(11-13-7-3-1-4-8-13)16(18)19-12-14-9-5-2-6-10-14/h1-10,15,17H,11-12H2. The number of nitrogens with one attached hydrogen (secondary N) is 1. The lowest BCUT2D eigenvalue weighted by Crippen LogP contribution is -2.26. The normalized spacial score (nSPS) is 11.8. The smallest absolute Gasteiger partial charge is 0.325 e. The molecule has 0 saturated carbocycles. The van der Waals surface area contributed by atoms with Gasteiger partial charge in [-0.15, -0.1) is 0 Å². The van der Waals surface area contributed by atoms with Crippen molar-refractivity contribution in [2.24, 2.45) is 0 Å². The predicted molar refractivity (Wildman–Crippen MR) is 73.3 cm³/mol. The first-order valence-corrected chi connectivity index (χ1v) is 6.21. The maximum absolute atomic E-state index is 11.7. The van der Waals surface area contributed by atoms with Gasteiger partial charge in [0.15, 0.2) is 0 Å². The van der Waals surface area contributed by atoms with E-state index in [9.17, 15) is 4.79 Å². The van der Waals surface area contributed by atoms with Crippen molar-refractivity contribution in [3.63, 3.8) is 0 Å². The predicted octanol–water partition coefficient (Wildman–Crippen LogP) is 2.62. The average Bonchev–Trinajstić information content (AvgIpc) is 2.47. The minimum absolute atomic E-state index is 0.226. The zero-order chi connectivity index (χ0) is 13.5. The summed E-state index contributed by atoms with van der Waals surface area (Å²) in [6, 6.07) is 18.1. The van der Waals surface area contributed by atoms with Gasteiger partial charge in [0.05, 0.1) is 0 Å². The highest BCUT2D eigenvalue weighted by Gasteiger charge is 2.16. The molecule has 1 radical (unpaired) electrons. The highest BCUT2D eigenvalue weighted by molar-refractivity contribution is 5.75. The van der Waals surface area contributed by atoms with Crippen molar-refractivity contribution in [1.29, 1.82) is 0 Å². The zero-order valence-corrected chi connectivity index (χ0v) is 10.6. The summed E-state index contributed by atoms with van der Waals surface area (Å²) < 4.78 is 5.14. The lowest BCUT2D eigenvalue weighted by Gasteiger charge is -2.10. The molecule has 0 aliphatic heterocycles. The molecule has 0 bridgehead atoms. The Morgan fingerprint density at radius 3 is 2.05 bits per heavy atom. The van der Waals surface area contributed by atoms with Crippen molar-refractivity contribution in [2.75, 3.05) is 0 Å². The van der Waals surface area contributed by atoms with Crippen molar-refractivity contribution in [2.45, 2.75) is 19.1 Å². The molecule has 3 heteroatoms. The summed E-state index contributed by atoms with van der Waals surface area (Å²) in [5, 5.41) is 0. The van der Waals surface area contributed by atoms with Crippen LogP contribution in [0.3, 0.4) is 0 Å². The molecule has 2 aromatic carbocycles. The molecule has 0 aliphatic carbocycles. The molecule has 0 spiro atoms. The number of esters is 1. The first-order valence-electron chi connectivity index (χ1n) is 6.21. The number of carbonyl (C=O) groups is 1. The highest BCUT2D eigenvalue weighted by Crippen LogP contribution is 2.06. The third-order valence-electron chi connectivity index (χ3n) is 2.79. The Morgan fingerprint density at radius 2 is 1.47 bits per heavy atom. The second-order valence-corrected chi connectivity index (χ2v) is 4.34. The van der Waals surface area contributed by atoms with Crippen molar-refractivity contribution in [3.8, 4) is 0 Å².